The summed E-state index contributed by atoms with van der Waals surface area (Å²) in [6.07, 6.45) is 2.45. The molecule has 15 heteroatoms. The number of sulfonamides is 1. The number of carbonyl (C=O) groups excluding carboxylic acids is 1. The molecule has 2 aromatic carbocycles. The zero-order valence-electron chi connectivity index (χ0n) is 25.5. The van der Waals surface area contributed by atoms with Crippen molar-refractivity contribution in [3.05, 3.63) is 72.1 Å². The Kier molecular flexibility index (Phi) is 11.5. The zero-order valence-corrected chi connectivity index (χ0v) is 27.2. The van der Waals surface area contributed by atoms with Crippen LogP contribution in [-0.4, -0.2) is 63.9 Å². The maximum atomic E-state index is 13.0. The number of carboxylic acids is 1. The van der Waals surface area contributed by atoms with Crippen molar-refractivity contribution < 1.29 is 40.7 Å². The van der Waals surface area contributed by atoms with Crippen LogP contribution in [0.5, 0.6) is 0 Å². The van der Waals surface area contributed by atoms with Crippen LogP contribution in [0, 0.1) is 12.8 Å². The second kappa shape index (κ2) is 15.3. The number of amides is 1. The minimum Gasteiger partial charge on any atom is -0.481 e. The van der Waals surface area contributed by atoms with Crippen LogP contribution in [0.3, 0.4) is 0 Å². The quantitative estimate of drug-likeness (QED) is 0.0845. The molecule has 246 valence electrons. The van der Waals surface area contributed by atoms with Gasteiger partial charge in [-0.2, -0.15) is 0 Å². The van der Waals surface area contributed by atoms with Crippen LogP contribution >= 0.6 is 0 Å². The van der Waals surface area contributed by atoms with E-state index in [-0.39, 0.29) is 23.1 Å². The number of unbranched alkanes of at least 4 members (excludes halogenated alkanes) is 1. The number of furan rings is 1. The number of hydrogen-bond acceptors (Lipinski definition) is 10. The Morgan fingerprint density at radius 2 is 1.83 bits per heavy atom. The lowest BCUT2D eigenvalue weighted by Crippen LogP contribution is -2.39. The number of benzene rings is 2. The summed E-state index contributed by atoms with van der Waals surface area (Å²) in [7, 11) is -6.64. The van der Waals surface area contributed by atoms with E-state index in [1.54, 1.807) is 56.3 Å². The summed E-state index contributed by atoms with van der Waals surface area (Å²) in [5.74, 6) is -2.91. The normalized spacial score (nSPS) is 13.0. The number of nitrogens with zero attached hydrogens (tertiary/aromatic N) is 1. The van der Waals surface area contributed by atoms with Crippen molar-refractivity contribution in [2.45, 2.75) is 44.6 Å². The summed E-state index contributed by atoms with van der Waals surface area (Å²) in [4.78, 5) is 29.1. The van der Waals surface area contributed by atoms with E-state index in [1.165, 1.54) is 18.3 Å². The van der Waals surface area contributed by atoms with Gasteiger partial charge in [-0.25, -0.2) is 21.6 Å². The van der Waals surface area contributed by atoms with Crippen molar-refractivity contribution in [2.24, 2.45) is 5.92 Å². The van der Waals surface area contributed by atoms with Crippen LogP contribution < -0.4 is 15.4 Å². The van der Waals surface area contributed by atoms with Gasteiger partial charge in [0.1, 0.15) is 11.5 Å². The van der Waals surface area contributed by atoms with E-state index in [2.05, 4.69) is 20.3 Å². The highest BCUT2D eigenvalue weighted by molar-refractivity contribution is 7.89. The van der Waals surface area contributed by atoms with E-state index in [9.17, 15) is 31.5 Å². The molecule has 2 atom stereocenters. The van der Waals surface area contributed by atoms with Crippen LogP contribution in [0.25, 0.3) is 22.2 Å². The van der Waals surface area contributed by atoms with Gasteiger partial charge in [0.2, 0.25) is 10.0 Å². The number of ether oxygens (including phenoxy) is 1. The Balaban J connectivity index is 1.41. The monoisotopic (exact) mass is 672 g/mol. The van der Waals surface area contributed by atoms with Crippen molar-refractivity contribution in [3.63, 3.8) is 0 Å². The summed E-state index contributed by atoms with van der Waals surface area (Å²) < 4.78 is 61.5. The Morgan fingerprint density at radius 1 is 1.09 bits per heavy atom. The first-order chi connectivity index (χ1) is 21.9. The van der Waals surface area contributed by atoms with E-state index in [1.807, 2.05) is 6.92 Å². The molecule has 0 fully saturated rings. The van der Waals surface area contributed by atoms with Gasteiger partial charge in [-0.3, -0.25) is 14.6 Å². The molecule has 0 aliphatic rings. The molecule has 46 heavy (non-hydrogen) atoms. The Hall–Kier alpha value is -4.31. The van der Waals surface area contributed by atoms with Gasteiger partial charge in [0, 0.05) is 35.4 Å². The van der Waals surface area contributed by atoms with Gasteiger partial charge in [-0.15, -0.1) is 0 Å². The first-order valence-corrected chi connectivity index (χ1v) is 17.4. The Morgan fingerprint density at radius 3 is 2.46 bits per heavy atom. The van der Waals surface area contributed by atoms with Crippen LogP contribution in [0.15, 0.2) is 70.1 Å². The van der Waals surface area contributed by atoms with Gasteiger partial charge < -0.3 is 24.9 Å². The van der Waals surface area contributed by atoms with Crippen molar-refractivity contribution in [3.8, 4) is 11.3 Å². The van der Waals surface area contributed by atoms with Gasteiger partial charge in [0.15, 0.2) is 16.5 Å². The molecule has 4 N–H and O–H groups in total. The maximum absolute atomic E-state index is 13.0. The number of anilines is 2. The van der Waals surface area contributed by atoms with Crippen LogP contribution in [-0.2, 0) is 30.3 Å². The maximum Gasteiger partial charge on any atom is 0.310 e. The lowest BCUT2D eigenvalue weighted by Gasteiger charge is -2.21. The zero-order chi connectivity index (χ0) is 33.4. The summed E-state index contributed by atoms with van der Waals surface area (Å²) in [6.45, 7) is 5.38. The Bertz CT molecular complexity index is 1860. The van der Waals surface area contributed by atoms with Crippen molar-refractivity contribution in [1.82, 2.24) is 9.71 Å². The number of rotatable bonds is 16. The summed E-state index contributed by atoms with van der Waals surface area (Å²) in [6, 6.07) is 14.3. The Labute approximate surface area is 268 Å². The molecule has 0 aliphatic carbocycles. The highest BCUT2D eigenvalue weighted by atomic mass is 32.2. The van der Waals surface area contributed by atoms with Gasteiger partial charge in [0.25, 0.3) is 5.91 Å². The highest BCUT2D eigenvalue weighted by Crippen LogP contribution is 2.32. The topological polar surface area (TPSA) is 194 Å². The fourth-order valence-electron chi connectivity index (χ4n) is 4.71. The number of fused-ring (bicyclic) bond motifs is 1. The molecule has 2 heterocycles. The third kappa shape index (κ3) is 8.48. The van der Waals surface area contributed by atoms with E-state index in [0.29, 0.717) is 45.8 Å². The predicted molar refractivity (Wildman–Crippen MR) is 174 cm³/mol. The average Bonchev–Trinajstić information content (AvgIpc) is 3.37. The molecule has 13 nitrogen and oxygen atoms in total. The van der Waals surface area contributed by atoms with E-state index < -0.39 is 44.6 Å². The number of nitrogens with one attached hydrogen (secondary N) is 3. The average molecular weight is 673 g/mol. The van der Waals surface area contributed by atoms with Gasteiger partial charge in [-0.05, 0) is 56.7 Å². The lowest BCUT2D eigenvalue weighted by molar-refractivity contribution is -0.146. The molecule has 4 rings (SSSR count). The molecule has 2 aromatic heterocycles. The number of pyridine rings is 1. The second-order valence-corrected chi connectivity index (χ2v) is 13.3. The number of hydrogen-bond donors (Lipinski definition) is 5. The number of aromatic nitrogens is 1. The molecular weight excluding hydrogens is 636 g/mol. The molecule has 0 saturated heterocycles. The fourth-order valence-corrected chi connectivity index (χ4v) is 6.07. The summed E-state index contributed by atoms with van der Waals surface area (Å²) >= 11 is 0. The molecule has 4 aromatic rings. The molecule has 0 radical (unpaired) electrons. The molecule has 0 aliphatic heterocycles. The van der Waals surface area contributed by atoms with Crippen LogP contribution in [0.4, 0.5) is 11.4 Å². The van der Waals surface area contributed by atoms with E-state index >= 15 is 0 Å². The standard InChI is InChI=1S/C31H36N4O9S2/c1-4-5-15-43-20(3)24(31(37)38)17-34-46(41,42)23-12-9-21(10-13-23)25-14-11-22(16-32-25)35-30(36)29-19(2)28-26(33-18-45(39)40)7-6-8-27(28)44-29/h6-14,16,20,24,33-34,45H,4-5,15,17-18H2,1-3H3,(H,35,36)(H,37,38). The predicted octanol–water partition coefficient (Wildman–Crippen LogP) is 4.22. The SMILES string of the molecule is CCCCOC(C)C(CNS(=O)(=O)c1ccc(-c2ccc(NC(=O)c3oc4cccc(NC[SH](=O)=O)c4c3C)cn2)cc1)C(=O)O. The molecule has 0 bridgehead atoms. The molecule has 0 spiro atoms. The smallest absolute Gasteiger partial charge is 0.310 e. The summed E-state index contributed by atoms with van der Waals surface area (Å²) in [5.41, 5.74) is 3.02. The van der Waals surface area contributed by atoms with E-state index in [0.717, 1.165) is 12.8 Å². The third-order valence-electron chi connectivity index (χ3n) is 7.30. The van der Waals surface area contributed by atoms with Crippen LogP contribution in [0.1, 0.15) is 42.8 Å². The highest BCUT2D eigenvalue weighted by Gasteiger charge is 2.28. The third-order valence-corrected chi connectivity index (χ3v) is 9.15. The first-order valence-electron chi connectivity index (χ1n) is 14.5. The first kappa shape index (κ1) is 34.6. The fraction of sp³-hybridized carbons (Fsp3) is 0.323. The van der Waals surface area contributed by atoms with Gasteiger partial charge in [0.05, 0.1) is 34.5 Å². The van der Waals surface area contributed by atoms with Gasteiger partial charge >= 0.3 is 5.97 Å². The number of aryl methyl sites for hydroxylation is 1. The minimum atomic E-state index is -3.99. The molecule has 2 unspecified atom stereocenters. The van der Waals surface area contributed by atoms with E-state index in [4.69, 9.17) is 9.15 Å². The largest absolute Gasteiger partial charge is 0.481 e. The van der Waals surface area contributed by atoms with Crippen LogP contribution in [0.2, 0.25) is 0 Å². The number of thiol groups is 1. The molecule has 1 amide bonds. The van der Waals surface area contributed by atoms with Crippen molar-refractivity contribution >= 4 is 54.9 Å². The van der Waals surface area contributed by atoms with Crippen molar-refractivity contribution in [1.29, 1.82) is 0 Å². The lowest BCUT2D eigenvalue weighted by atomic mass is 10.0. The number of aliphatic carboxylic acids is 1. The molecule has 0 saturated carbocycles. The summed E-state index contributed by atoms with van der Waals surface area (Å²) in [5, 5.41) is 15.7. The molecular formula is C31H36N4O9S2. The number of carboxylic acid groups (broad SMARTS) is 1. The minimum absolute atomic E-state index is 0.0368. The second-order valence-electron chi connectivity index (χ2n) is 10.5. The number of carbonyl (C=O) groups is 2. The van der Waals surface area contributed by atoms with Gasteiger partial charge in [-0.1, -0.05) is 31.5 Å². The van der Waals surface area contributed by atoms with Crippen molar-refractivity contribution in [2.75, 3.05) is 29.7 Å².